The maximum absolute atomic E-state index is 12.9. The number of halogens is 1. The highest BCUT2D eigenvalue weighted by molar-refractivity contribution is 6.20. The van der Waals surface area contributed by atoms with E-state index in [1.54, 1.807) is 6.08 Å². The molecule has 6 heteroatoms. The Morgan fingerprint density at radius 1 is 1.27 bits per heavy atom. The lowest BCUT2D eigenvalue weighted by Crippen LogP contribution is -2.55. The third kappa shape index (κ3) is 3.13. The molecule has 0 aromatic rings. The molecular weight excluding hydrogens is 354 g/mol. The lowest BCUT2D eigenvalue weighted by Gasteiger charge is -2.57. The normalized spacial score (nSPS) is 40.7. The number of aliphatic hydroxyl groups excluding tert-OH is 1. The van der Waals surface area contributed by atoms with Gasteiger partial charge in [-0.25, -0.2) is 0 Å². The van der Waals surface area contributed by atoms with Gasteiger partial charge in [0.2, 0.25) is 11.8 Å². The molecule has 1 heterocycles. The molecule has 2 amide bonds. The Balaban J connectivity index is 1.92. The second kappa shape index (κ2) is 6.45. The van der Waals surface area contributed by atoms with Gasteiger partial charge in [0.05, 0.1) is 12.0 Å². The van der Waals surface area contributed by atoms with Gasteiger partial charge in [0.25, 0.3) is 0 Å². The molecule has 0 bridgehead atoms. The summed E-state index contributed by atoms with van der Waals surface area (Å²) in [6.07, 6.45) is 2.65. The first-order valence-corrected chi connectivity index (χ1v) is 9.77. The van der Waals surface area contributed by atoms with Gasteiger partial charge < -0.3 is 5.11 Å². The summed E-state index contributed by atoms with van der Waals surface area (Å²) in [7, 11) is 0. The second-order valence-corrected chi connectivity index (χ2v) is 9.92. The van der Waals surface area contributed by atoms with Gasteiger partial charge in [-0.05, 0) is 49.0 Å². The van der Waals surface area contributed by atoms with E-state index in [-0.39, 0.29) is 46.2 Å². The van der Waals surface area contributed by atoms with Gasteiger partial charge in [0, 0.05) is 17.7 Å². The van der Waals surface area contributed by atoms with Crippen molar-refractivity contribution in [1.82, 2.24) is 5.32 Å². The van der Waals surface area contributed by atoms with E-state index in [0.29, 0.717) is 12.8 Å². The Morgan fingerprint density at radius 3 is 2.50 bits per heavy atom. The predicted molar refractivity (Wildman–Crippen MR) is 98.4 cm³/mol. The van der Waals surface area contributed by atoms with E-state index in [0.717, 1.165) is 12.0 Å². The molecule has 0 radical (unpaired) electrons. The van der Waals surface area contributed by atoms with Crippen LogP contribution in [0.3, 0.4) is 0 Å². The molecule has 3 rings (SSSR count). The van der Waals surface area contributed by atoms with Crippen molar-refractivity contribution in [3.63, 3.8) is 0 Å². The van der Waals surface area contributed by atoms with E-state index in [9.17, 15) is 19.5 Å². The lowest BCUT2D eigenvalue weighted by atomic mass is 9.47. The van der Waals surface area contributed by atoms with Crippen LogP contribution in [0.4, 0.5) is 0 Å². The van der Waals surface area contributed by atoms with Crippen molar-refractivity contribution in [3.8, 4) is 0 Å². The molecule has 3 aliphatic rings. The second-order valence-electron chi connectivity index (χ2n) is 9.30. The van der Waals surface area contributed by atoms with Crippen LogP contribution in [0.2, 0.25) is 0 Å². The first kappa shape index (κ1) is 19.6. The van der Waals surface area contributed by atoms with E-state index in [2.05, 4.69) is 26.1 Å². The average Bonchev–Trinajstić information content (AvgIpc) is 2.79. The average molecular weight is 382 g/mol. The smallest absolute Gasteiger partial charge is 0.232 e. The number of aliphatic hydroxyl groups is 1. The molecule has 5 nitrogen and oxygen atoms in total. The first-order valence-electron chi connectivity index (χ1n) is 9.33. The number of hydrogen-bond acceptors (Lipinski definition) is 4. The Labute approximate surface area is 159 Å². The van der Waals surface area contributed by atoms with Crippen LogP contribution >= 0.6 is 11.6 Å². The molecule has 2 aliphatic carbocycles. The molecular formula is C20H28ClNO4. The van der Waals surface area contributed by atoms with Crippen LogP contribution in [-0.2, 0) is 14.4 Å². The van der Waals surface area contributed by atoms with Crippen molar-refractivity contribution in [1.29, 1.82) is 0 Å². The summed E-state index contributed by atoms with van der Waals surface area (Å²) in [6, 6.07) is 0. The van der Waals surface area contributed by atoms with E-state index < -0.39 is 17.9 Å². The summed E-state index contributed by atoms with van der Waals surface area (Å²) in [5, 5.41) is 13.0. The standard InChI is InChI=1S/C20H28ClNO4/c1-10-5-15(24)17-19(2,3)8-11(21)9-20(17,4)13(10)7-14(23)12-6-16(25)22-18(12)26/h5,11-14,17,23H,6-9H2,1-4H3,(H,22,25,26)/t11-,12+,13-,14-,17-,20+/m0/s1. The molecule has 2 fully saturated rings. The number of allylic oxidation sites excluding steroid dienone is 2. The summed E-state index contributed by atoms with van der Waals surface area (Å²) in [4.78, 5) is 36.3. The van der Waals surface area contributed by atoms with Crippen molar-refractivity contribution in [2.24, 2.45) is 28.6 Å². The Bertz CT molecular complexity index is 685. The minimum absolute atomic E-state index is 0.0260. The Hall–Kier alpha value is -1.20. The minimum atomic E-state index is -0.917. The number of nitrogens with one attached hydrogen (secondary N) is 1. The zero-order chi connectivity index (χ0) is 19.4. The molecule has 0 aromatic carbocycles. The molecule has 1 aliphatic heterocycles. The quantitative estimate of drug-likeness (QED) is 0.581. The molecule has 2 N–H and O–H groups in total. The van der Waals surface area contributed by atoms with Crippen molar-refractivity contribution in [2.75, 3.05) is 0 Å². The largest absolute Gasteiger partial charge is 0.392 e. The van der Waals surface area contributed by atoms with Crippen LogP contribution in [0, 0.1) is 28.6 Å². The maximum Gasteiger partial charge on any atom is 0.232 e. The fraction of sp³-hybridized carbons (Fsp3) is 0.750. The fourth-order valence-electron chi connectivity index (χ4n) is 5.98. The van der Waals surface area contributed by atoms with Crippen molar-refractivity contribution in [3.05, 3.63) is 11.6 Å². The van der Waals surface area contributed by atoms with Gasteiger partial charge in [0.15, 0.2) is 5.78 Å². The molecule has 0 unspecified atom stereocenters. The van der Waals surface area contributed by atoms with Gasteiger partial charge in [-0.15, -0.1) is 11.6 Å². The molecule has 0 aromatic heterocycles. The highest BCUT2D eigenvalue weighted by Crippen LogP contribution is 2.60. The minimum Gasteiger partial charge on any atom is -0.392 e. The van der Waals surface area contributed by atoms with Gasteiger partial charge in [-0.2, -0.15) is 0 Å². The SMILES string of the molecule is CC1=CC(=O)[C@H]2C(C)(C)C[C@H](Cl)C[C@]2(C)[C@H]1C[C@H](O)[C@H]1CC(=O)NC1=O. The third-order valence-corrected chi connectivity index (χ3v) is 7.10. The number of amides is 2. The van der Waals surface area contributed by atoms with E-state index in [1.165, 1.54) is 0 Å². The molecule has 1 saturated carbocycles. The van der Waals surface area contributed by atoms with Crippen LogP contribution in [0.15, 0.2) is 11.6 Å². The monoisotopic (exact) mass is 381 g/mol. The topological polar surface area (TPSA) is 83.5 Å². The number of carbonyl (C=O) groups is 3. The van der Waals surface area contributed by atoms with Crippen LogP contribution in [0.5, 0.6) is 0 Å². The first-order chi connectivity index (χ1) is 12.0. The number of ketones is 1. The number of hydrogen-bond donors (Lipinski definition) is 2. The molecule has 0 spiro atoms. The molecule has 26 heavy (non-hydrogen) atoms. The highest BCUT2D eigenvalue weighted by atomic mass is 35.5. The van der Waals surface area contributed by atoms with Gasteiger partial charge in [-0.1, -0.05) is 26.3 Å². The maximum atomic E-state index is 12.9. The van der Waals surface area contributed by atoms with Crippen molar-refractivity contribution in [2.45, 2.75) is 64.9 Å². The van der Waals surface area contributed by atoms with Crippen LogP contribution in [0.1, 0.15) is 53.4 Å². The number of imide groups is 1. The zero-order valence-electron chi connectivity index (χ0n) is 15.8. The fourth-order valence-corrected chi connectivity index (χ4v) is 6.71. The van der Waals surface area contributed by atoms with Gasteiger partial charge in [0.1, 0.15) is 0 Å². The summed E-state index contributed by atoms with van der Waals surface area (Å²) in [5.41, 5.74) is 0.334. The summed E-state index contributed by atoms with van der Waals surface area (Å²) in [5.74, 6) is -1.53. The summed E-state index contributed by atoms with van der Waals surface area (Å²) < 4.78 is 0. The zero-order valence-corrected chi connectivity index (χ0v) is 16.6. The number of carbonyl (C=O) groups excluding carboxylic acids is 3. The summed E-state index contributed by atoms with van der Waals surface area (Å²) >= 11 is 6.58. The summed E-state index contributed by atoms with van der Waals surface area (Å²) in [6.45, 7) is 8.20. The number of alkyl halides is 1. The Kier molecular flexibility index (Phi) is 4.85. The number of rotatable bonds is 3. The van der Waals surface area contributed by atoms with E-state index >= 15 is 0 Å². The predicted octanol–water partition coefficient (Wildman–Crippen LogP) is 2.60. The third-order valence-electron chi connectivity index (χ3n) is 6.80. The lowest BCUT2D eigenvalue weighted by molar-refractivity contribution is -0.138. The van der Waals surface area contributed by atoms with Crippen LogP contribution in [-0.4, -0.2) is 34.2 Å². The molecule has 1 saturated heterocycles. The highest BCUT2D eigenvalue weighted by Gasteiger charge is 2.58. The Morgan fingerprint density at radius 2 is 1.92 bits per heavy atom. The van der Waals surface area contributed by atoms with Crippen molar-refractivity contribution < 1.29 is 19.5 Å². The van der Waals surface area contributed by atoms with Crippen molar-refractivity contribution >= 4 is 29.2 Å². The van der Waals surface area contributed by atoms with Crippen LogP contribution in [0.25, 0.3) is 0 Å². The van der Waals surface area contributed by atoms with Gasteiger partial charge in [-0.3, -0.25) is 19.7 Å². The van der Waals surface area contributed by atoms with E-state index in [4.69, 9.17) is 11.6 Å². The van der Waals surface area contributed by atoms with Gasteiger partial charge >= 0.3 is 0 Å². The molecule has 144 valence electrons. The molecule has 6 atom stereocenters. The van der Waals surface area contributed by atoms with Crippen LogP contribution < -0.4 is 5.32 Å². The number of fused-ring (bicyclic) bond motifs is 1. The van der Waals surface area contributed by atoms with E-state index in [1.807, 2.05) is 6.92 Å².